The number of unbranched alkanes of at least 4 members (excludes halogenated alkanes) is 2. The average Bonchev–Trinajstić information content (AvgIpc) is 2.34. The van der Waals surface area contributed by atoms with Crippen molar-refractivity contribution in [2.45, 2.75) is 25.7 Å². The molecule has 0 radical (unpaired) electrons. The number of nitriles is 1. The van der Waals surface area contributed by atoms with Gasteiger partial charge in [-0.1, -0.05) is 18.0 Å². The highest BCUT2D eigenvalue weighted by molar-refractivity contribution is 6.30. The van der Waals surface area contributed by atoms with Crippen LogP contribution in [-0.4, -0.2) is 17.6 Å². The van der Waals surface area contributed by atoms with Gasteiger partial charge in [0.25, 0.3) is 0 Å². The number of benzene rings is 1. The molecule has 2 N–H and O–H groups in total. The number of halogens is 1. The molecule has 5 heteroatoms. The molecule has 0 atom stereocenters. The highest BCUT2D eigenvalue weighted by Crippen LogP contribution is 2.19. The van der Waals surface area contributed by atoms with Crippen LogP contribution in [0.2, 0.25) is 5.02 Å². The molecule has 0 aliphatic heterocycles. The second-order valence-corrected chi connectivity index (χ2v) is 4.37. The molecular weight excluding hydrogens is 252 g/mol. The number of rotatable bonds is 7. The molecule has 0 fully saturated rings. The third-order valence-corrected chi connectivity index (χ3v) is 2.72. The lowest BCUT2D eigenvalue weighted by atomic mass is 10.1. The van der Waals surface area contributed by atoms with Crippen LogP contribution in [0.25, 0.3) is 0 Å². The first-order valence-electron chi connectivity index (χ1n) is 5.79. The van der Waals surface area contributed by atoms with Gasteiger partial charge in [-0.2, -0.15) is 5.26 Å². The number of carboxylic acids is 1. The van der Waals surface area contributed by atoms with Crippen molar-refractivity contribution in [2.24, 2.45) is 0 Å². The van der Waals surface area contributed by atoms with E-state index in [4.69, 9.17) is 22.0 Å². The van der Waals surface area contributed by atoms with Gasteiger partial charge in [0.05, 0.1) is 11.3 Å². The highest BCUT2D eigenvalue weighted by atomic mass is 35.5. The molecule has 0 spiro atoms. The van der Waals surface area contributed by atoms with Crippen molar-refractivity contribution >= 4 is 23.3 Å². The van der Waals surface area contributed by atoms with Gasteiger partial charge in [-0.05, 0) is 31.0 Å². The van der Waals surface area contributed by atoms with Gasteiger partial charge in [-0.3, -0.25) is 4.79 Å². The van der Waals surface area contributed by atoms with Crippen molar-refractivity contribution in [1.82, 2.24) is 0 Å². The van der Waals surface area contributed by atoms with Crippen LogP contribution < -0.4 is 5.32 Å². The van der Waals surface area contributed by atoms with Crippen LogP contribution in [0.15, 0.2) is 18.2 Å². The van der Waals surface area contributed by atoms with Gasteiger partial charge in [-0.25, -0.2) is 0 Å². The molecule has 4 nitrogen and oxygen atoms in total. The predicted molar refractivity (Wildman–Crippen MR) is 70.8 cm³/mol. The van der Waals surface area contributed by atoms with E-state index in [2.05, 4.69) is 11.4 Å². The van der Waals surface area contributed by atoms with E-state index in [9.17, 15) is 4.79 Å². The Morgan fingerprint density at radius 2 is 2.17 bits per heavy atom. The topological polar surface area (TPSA) is 73.1 Å². The minimum atomic E-state index is -0.757. The maximum Gasteiger partial charge on any atom is 0.303 e. The summed E-state index contributed by atoms with van der Waals surface area (Å²) in [7, 11) is 0. The number of anilines is 1. The Bertz CT molecular complexity index is 455. The summed E-state index contributed by atoms with van der Waals surface area (Å²) in [5.41, 5.74) is 1.29. The second kappa shape index (κ2) is 7.57. The van der Waals surface area contributed by atoms with Gasteiger partial charge < -0.3 is 10.4 Å². The van der Waals surface area contributed by atoms with Crippen LogP contribution in [0.1, 0.15) is 31.2 Å². The van der Waals surface area contributed by atoms with Crippen molar-refractivity contribution in [1.29, 1.82) is 5.26 Å². The molecule has 18 heavy (non-hydrogen) atoms. The first kappa shape index (κ1) is 14.3. The molecule has 0 unspecified atom stereocenters. The number of carboxylic acid groups (broad SMARTS) is 1. The maximum atomic E-state index is 10.3. The van der Waals surface area contributed by atoms with Crippen LogP contribution in [0.4, 0.5) is 5.69 Å². The van der Waals surface area contributed by atoms with E-state index in [-0.39, 0.29) is 6.42 Å². The Balaban J connectivity index is 2.31. The molecule has 0 bridgehead atoms. The molecule has 0 aliphatic carbocycles. The molecule has 0 amide bonds. The molecule has 0 saturated carbocycles. The van der Waals surface area contributed by atoms with Crippen molar-refractivity contribution in [3.8, 4) is 6.07 Å². The summed E-state index contributed by atoms with van der Waals surface area (Å²) in [6.07, 6.45) is 2.63. The Morgan fingerprint density at radius 1 is 1.39 bits per heavy atom. The van der Waals surface area contributed by atoms with E-state index in [0.717, 1.165) is 25.1 Å². The number of nitrogens with zero attached hydrogens (tertiary/aromatic N) is 1. The van der Waals surface area contributed by atoms with E-state index < -0.39 is 5.97 Å². The van der Waals surface area contributed by atoms with Gasteiger partial charge in [0.2, 0.25) is 0 Å². The Hall–Kier alpha value is -1.73. The standard InChI is InChI=1S/C13H15ClN2O2/c14-11-5-6-12(10(8-11)9-15)16-7-3-1-2-4-13(17)18/h5-6,8,16H,1-4,7H2,(H,17,18). The highest BCUT2D eigenvalue weighted by Gasteiger charge is 2.02. The molecule has 1 aromatic carbocycles. The van der Waals surface area contributed by atoms with Gasteiger partial charge in [0.1, 0.15) is 6.07 Å². The van der Waals surface area contributed by atoms with Crippen LogP contribution in [0.3, 0.4) is 0 Å². The molecule has 0 heterocycles. The predicted octanol–water partition coefficient (Wildman–Crippen LogP) is 3.27. The monoisotopic (exact) mass is 266 g/mol. The summed E-state index contributed by atoms with van der Waals surface area (Å²) >= 11 is 5.79. The Kier molecular flexibility index (Phi) is 6.03. The van der Waals surface area contributed by atoms with E-state index in [1.807, 2.05) is 0 Å². The van der Waals surface area contributed by atoms with Crippen LogP contribution in [-0.2, 0) is 4.79 Å². The Labute approximate surface area is 111 Å². The molecular formula is C13H15ClN2O2. The molecule has 0 saturated heterocycles. The van der Waals surface area contributed by atoms with Gasteiger partial charge >= 0.3 is 5.97 Å². The SMILES string of the molecule is N#Cc1cc(Cl)ccc1NCCCCCC(=O)O. The number of carbonyl (C=O) groups is 1. The summed E-state index contributed by atoms with van der Waals surface area (Å²) in [5, 5.41) is 21.1. The molecule has 0 aliphatic rings. The lowest BCUT2D eigenvalue weighted by Gasteiger charge is -2.08. The third kappa shape index (κ3) is 5.07. The molecule has 96 valence electrons. The first-order chi connectivity index (χ1) is 8.63. The summed E-state index contributed by atoms with van der Waals surface area (Å²) in [6, 6.07) is 7.21. The summed E-state index contributed by atoms with van der Waals surface area (Å²) < 4.78 is 0. The number of aliphatic carboxylic acids is 1. The van der Waals surface area contributed by atoms with Crippen LogP contribution >= 0.6 is 11.6 Å². The number of nitrogens with one attached hydrogen (secondary N) is 1. The first-order valence-corrected chi connectivity index (χ1v) is 6.16. The van der Waals surface area contributed by atoms with Gasteiger partial charge in [-0.15, -0.1) is 0 Å². The quantitative estimate of drug-likeness (QED) is 0.743. The van der Waals surface area contributed by atoms with E-state index >= 15 is 0 Å². The summed E-state index contributed by atoms with van der Waals surface area (Å²) in [6.45, 7) is 0.718. The second-order valence-electron chi connectivity index (χ2n) is 3.93. The lowest BCUT2D eigenvalue weighted by Crippen LogP contribution is -2.03. The maximum absolute atomic E-state index is 10.3. The molecule has 1 aromatic rings. The summed E-state index contributed by atoms with van der Waals surface area (Å²) in [5.74, 6) is -0.757. The smallest absolute Gasteiger partial charge is 0.303 e. The summed E-state index contributed by atoms with van der Waals surface area (Å²) in [4.78, 5) is 10.3. The minimum absolute atomic E-state index is 0.213. The van der Waals surface area contributed by atoms with Crippen molar-refractivity contribution in [3.05, 3.63) is 28.8 Å². The average molecular weight is 267 g/mol. The zero-order chi connectivity index (χ0) is 13.4. The number of hydrogen-bond acceptors (Lipinski definition) is 3. The van der Waals surface area contributed by atoms with Gasteiger partial charge in [0.15, 0.2) is 0 Å². The number of hydrogen-bond donors (Lipinski definition) is 2. The van der Waals surface area contributed by atoms with Crippen molar-refractivity contribution < 1.29 is 9.90 Å². The van der Waals surface area contributed by atoms with E-state index in [1.165, 1.54) is 0 Å². The fourth-order valence-corrected chi connectivity index (χ4v) is 1.74. The zero-order valence-electron chi connectivity index (χ0n) is 9.95. The zero-order valence-corrected chi connectivity index (χ0v) is 10.7. The largest absolute Gasteiger partial charge is 0.481 e. The third-order valence-electron chi connectivity index (χ3n) is 2.48. The minimum Gasteiger partial charge on any atom is -0.481 e. The van der Waals surface area contributed by atoms with E-state index in [1.54, 1.807) is 18.2 Å². The van der Waals surface area contributed by atoms with Crippen molar-refractivity contribution in [2.75, 3.05) is 11.9 Å². The molecule has 0 aromatic heterocycles. The fraction of sp³-hybridized carbons (Fsp3) is 0.385. The van der Waals surface area contributed by atoms with Crippen molar-refractivity contribution in [3.63, 3.8) is 0 Å². The normalized spacial score (nSPS) is 9.78. The Morgan fingerprint density at radius 3 is 2.83 bits per heavy atom. The van der Waals surface area contributed by atoms with E-state index in [0.29, 0.717) is 17.0 Å². The fourth-order valence-electron chi connectivity index (χ4n) is 1.56. The van der Waals surface area contributed by atoms with Gasteiger partial charge in [0, 0.05) is 18.0 Å². The lowest BCUT2D eigenvalue weighted by molar-refractivity contribution is -0.137. The van der Waals surface area contributed by atoms with Crippen LogP contribution in [0.5, 0.6) is 0 Å². The van der Waals surface area contributed by atoms with Crippen LogP contribution in [0, 0.1) is 11.3 Å². The molecule has 1 rings (SSSR count).